The number of nitrogens with zero attached hydrogens (tertiary/aromatic N) is 2. The van der Waals surface area contributed by atoms with Crippen LogP contribution in [0.2, 0.25) is 0 Å². The molecule has 29 heavy (non-hydrogen) atoms. The minimum Gasteiger partial charge on any atom is -0.377 e. The van der Waals surface area contributed by atoms with Gasteiger partial charge in [-0.15, -0.1) is 24.0 Å². The number of ether oxygens (including phenoxy) is 1. The normalized spacial score (nSPS) is 28.6. The largest absolute Gasteiger partial charge is 0.377 e. The van der Waals surface area contributed by atoms with Gasteiger partial charge < -0.3 is 20.3 Å². The summed E-state index contributed by atoms with van der Waals surface area (Å²) in [6.07, 6.45) is 12.3. The molecular weight excluding hydrogens is 475 g/mol. The Morgan fingerprint density at radius 2 is 1.69 bits per heavy atom. The molecule has 5 nitrogen and oxygen atoms in total. The van der Waals surface area contributed by atoms with Crippen molar-refractivity contribution in [3.8, 4) is 0 Å². The molecule has 0 aromatic carbocycles. The molecule has 1 aliphatic carbocycles. The van der Waals surface area contributed by atoms with Crippen molar-refractivity contribution in [2.75, 3.05) is 33.3 Å². The molecule has 3 rings (SSSR count). The number of aliphatic imine (C=N–C) groups is 1. The lowest BCUT2D eigenvalue weighted by atomic mass is 9.78. The molecule has 0 bridgehead atoms. The highest BCUT2D eigenvalue weighted by Gasteiger charge is 2.35. The molecule has 2 aliphatic heterocycles. The second-order valence-electron chi connectivity index (χ2n) is 10.3. The van der Waals surface area contributed by atoms with E-state index in [1.807, 2.05) is 7.05 Å². The SMILES string of the molecule is CN=C(NCC1CCCOC1C(C)(C)C)NC1CCN(C2CCCCC2)CC1.I. The number of nitrogens with one attached hydrogen (secondary N) is 2. The zero-order valence-electron chi connectivity index (χ0n) is 19.2. The summed E-state index contributed by atoms with van der Waals surface area (Å²) in [5, 5.41) is 7.30. The number of guanidine groups is 1. The fourth-order valence-electron chi connectivity index (χ4n) is 5.48. The Morgan fingerprint density at radius 3 is 2.31 bits per heavy atom. The average Bonchev–Trinajstić information content (AvgIpc) is 2.72. The van der Waals surface area contributed by atoms with Crippen molar-refractivity contribution < 1.29 is 4.74 Å². The van der Waals surface area contributed by atoms with E-state index in [0.29, 0.717) is 18.1 Å². The number of piperidine rings is 1. The number of halogens is 1. The minimum absolute atomic E-state index is 0. The number of rotatable bonds is 4. The molecule has 0 spiro atoms. The summed E-state index contributed by atoms with van der Waals surface area (Å²) in [6.45, 7) is 11.2. The van der Waals surface area contributed by atoms with E-state index in [1.165, 1.54) is 70.9 Å². The van der Waals surface area contributed by atoms with Crippen LogP contribution in [0.3, 0.4) is 0 Å². The minimum atomic E-state index is 0. The van der Waals surface area contributed by atoms with E-state index in [9.17, 15) is 0 Å². The fraction of sp³-hybridized carbons (Fsp3) is 0.957. The highest BCUT2D eigenvalue weighted by atomic mass is 127. The zero-order chi connectivity index (χ0) is 20.0. The van der Waals surface area contributed by atoms with Crippen LogP contribution in [0, 0.1) is 11.3 Å². The molecule has 2 saturated heterocycles. The van der Waals surface area contributed by atoms with Gasteiger partial charge in [0.15, 0.2) is 5.96 Å². The summed E-state index contributed by atoms with van der Waals surface area (Å²) in [6, 6.07) is 1.40. The van der Waals surface area contributed by atoms with Crippen LogP contribution in [-0.4, -0.2) is 62.3 Å². The molecule has 0 radical (unpaired) electrons. The van der Waals surface area contributed by atoms with E-state index in [0.717, 1.165) is 25.2 Å². The van der Waals surface area contributed by atoms with Gasteiger partial charge in [-0.1, -0.05) is 40.0 Å². The molecule has 2 N–H and O–H groups in total. The summed E-state index contributed by atoms with van der Waals surface area (Å²) < 4.78 is 6.13. The third-order valence-electron chi connectivity index (χ3n) is 7.02. The topological polar surface area (TPSA) is 48.9 Å². The molecular formula is C23H45IN4O. The molecule has 6 heteroatoms. The van der Waals surface area contributed by atoms with Crippen LogP contribution in [-0.2, 0) is 4.74 Å². The van der Waals surface area contributed by atoms with E-state index < -0.39 is 0 Å². The third kappa shape index (κ3) is 7.53. The Morgan fingerprint density at radius 1 is 1.00 bits per heavy atom. The predicted octanol–water partition coefficient (Wildman–Crippen LogP) is 4.41. The lowest BCUT2D eigenvalue weighted by Crippen LogP contribution is -2.52. The Kier molecular flexibility index (Phi) is 10.5. The van der Waals surface area contributed by atoms with Gasteiger partial charge in [-0.2, -0.15) is 0 Å². The first kappa shape index (κ1) is 25.2. The Balaban J connectivity index is 0.00000300. The Labute approximate surface area is 196 Å². The average molecular weight is 521 g/mol. The molecule has 0 aromatic rings. The monoisotopic (exact) mass is 520 g/mol. The molecule has 1 saturated carbocycles. The van der Waals surface area contributed by atoms with Gasteiger partial charge in [-0.3, -0.25) is 4.99 Å². The second kappa shape index (κ2) is 12.1. The van der Waals surface area contributed by atoms with Crippen LogP contribution >= 0.6 is 24.0 Å². The van der Waals surface area contributed by atoms with Crippen molar-refractivity contribution in [2.24, 2.45) is 16.3 Å². The summed E-state index contributed by atoms with van der Waals surface area (Å²) in [5.41, 5.74) is 0.190. The Hall–Kier alpha value is -0.0800. The van der Waals surface area contributed by atoms with Crippen LogP contribution in [0.1, 0.15) is 78.6 Å². The maximum atomic E-state index is 6.13. The molecule has 2 unspecified atom stereocenters. The van der Waals surface area contributed by atoms with Crippen molar-refractivity contribution in [3.05, 3.63) is 0 Å². The van der Waals surface area contributed by atoms with Crippen molar-refractivity contribution in [1.82, 2.24) is 15.5 Å². The van der Waals surface area contributed by atoms with Crippen molar-refractivity contribution in [2.45, 2.75) is 96.7 Å². The molecule has 2 heterocycles. The zero-order valence-corrected chi connectivity index (χ0v) is 21.5. The number of hydrogen-bond acceptors (Lipinski definition) is 3. The quantitative estimate of drug-likeness (QED) is 0.328. The van der Waals surface area contributed by atoms with Crippen LogP contribution in [0.4, 0.5) is 0 Å². The predicted molar refractivity (Wildman–Crippen MR) is 133 cm³/mol. The second-order valence-corrected chi connectivity index (χ2v) is 10.3. The summed E-state index contributed by atoms with van der Waals surface area (Å²) in [4.78, 5) is 7.25. The van der Waals surface area contributed by atoms with Crippen LogP contribution in [0.25, 0.3) is 0 Å². The highest BCUT2D eigenvalue weighted by Crippen LogP contribution is 2.33. The van der Waals surface area contributed by atoms with Crippen LogP contribution in [0.5, 0.6) is 0 Å². The molecule has 170 valence electrons. The van der Waals surface area contributed by atoms with Gasteiger partial charge in [0.1, 0.15) is 0 Å². The Bertz CT molecular complexity index is 494. The van der Waals surface area contributed by atoms with Gasteiger partial charge in [0.05, 0.1) is 6.10 Å². The molecule has 3 aliphatic rings. The number of likely N-dealkylation sites (tertiary alicyclic amines) is 1. The van der Waals surface area contributed by atoms with Crippen molar-refractivity contribution in [1.29, 1.82) is 0 Å². The first-order valence-electron chi connectivity index (χ1n) is 11.8. The van der Waals surface area contributed by atoms with Gasteiger partial charge in [0.2, 0.25) is 0 Å². The van der Waals surface area contributed by atoms with E-state index in [1.54, 1.807) is 0 Å². The highest BCUT2D eigenvalue weighted by molar-refractivity contribution is 14.0. The van der Waals surface area contributed by atoms with Crippen LogP contribution in [0.15, 0.2) is 4.99 Å². The third-order valence-corrected chi connectivity index (χ3v) is 7.02. The fourth-order valence-corrected chi connectivity index (χ4v) is 5.48. The van der Waals surface area contributed by atoms with Gasteiger partial charge in [-0.05, 0) is 43.9 Å². The molecule has 2 atom stereocenters. The van der Waals surface area contributed by atoms with Gasteiger partial charge in [0.25, 0.3) is 0 Å². The first-order valence-corrected chi connectivity index (χ1v) is 11.8. The molecule has 0 amide bonds. The maximum absolute atomic E-state index is 6.13. The first-order chi connectivity index (χ1) is 13.5. The molecule has 3 fully saturated rings. The van der Waals surface area contributed by atoms with Gasteiger partial charge in [-0.25, -0.2) is 0 Å². The number of hydrogen-bond donors (Lipinski definition) is 2. The van der Waals surface area contributed by atoms with E-state index in [-0.39, 0.29) is 29.4 Å². The maximum Gasteiger partial charge on any atom is 0.191 e. The van der Waals surface area contributed by atoms with E-state index in [4.69, 9.17) is 4.74 Å². The van der Waals surface area contributed by atoms with Crippen molar-refractivity contribution >= 4 is 29.9 Å². The van der Waals surface area contributed by atoms with E-state index in [2.05, 4.69) is 41.3 Å². The summed E-state index contributed by atoms with van der Waals surface area (Å²) in [7, 11) is 1.89. The van der Waals surface area contributed by atoms with Gasteiger partial charge >= 0.3 is 0 Å². The van der Waals surface area contributed by atoms with E-state index >= 15 is 0 Å². The summed E-state index contributed by atoms with van der Waals surface area (Å²) >= 11 is 0. The van der Waals surface area contributed by atoms with Crippen molar-refractivity contribution in [3.63, 3.8) is 0 Å². The lowest BCUT2D eigenvalue weighted by molar-refractivity contribution is -0.0835. The van der Waals surface area contributed by atoms with Crippen LogP contribution < -0.4 is 10.6 Å². The molecule has 0 aromatic heterocycles. The standard InChI is InChI=1S/C23H44N4O.HI/c1-23(2,3)21-18(9-8-16-28-21)17-25-22(24-4)26-19-12-14-27(15-13-19)20-10-6-5-7-11-20;/h18-21H,5-17H2,1-4H3,(H2,24,25,26);1H. The summed E-state index contributed by atoms with van der Waals surface area (Å²) in [5.74, 6) is 1.52. The van der Waals surface area contributed by atoms with Gasteiger partial charge in [0, 0.05) is 51.3 Å². The lowest BCUT2D eigenvalue weighted by Gasteiger charge is -2.41. The smallest absolute Gasteiger partial charge is 0.191 e.